The first kappa shape index (κ1) is 15.6. The van der Waals surface area contributed by atoms with E-state index in [1.165, 1.54) is 0 Å². The van der Waals surface area contributed by atoms with Crippen molar-refractivity contribution in [3.63, 3.8) is 0 Å². The molecule has 0 fully saturated rings. The molecule has 0 unspecified atom stereocenters. The van der Waals surface area contributed by atoms with Gasteiger partial charge >= 0.3 is 0 Å². The number of hydrogen-bond donors (Lipinski definition) is 0. The van der Waals surface area contributed by atoms with E-state index in [0.29, 0.717) is 22.4 Å². The number of rotatable bonds is 3. The highest BCUT2D eigenvalue weighted by atomic mass is 79.9. The van der Waals surface area contributed by atoms with Crippen LogP contribution < -0.4 is 4.74 Å². The van der Waals surface area contributed by atoms with Crippen LogP contribution in [-0.4, -0.2) is 0 Å². The first-order valence-electron chi connectivity index (χ1n) is 5.19. The van der Waals surface area contributed by atoms with E-state index < -0.39 is 0 Å². The second kappa shape index (κ2) is 6.81. The number of ether oxygens (including phenoxy) is 1. The zero-order chi connectivity index (χ0) is 14.0. The summed E-state index contributed by atoms with van der Waals surface area (Å²) in [5.41, 5.74) is 0.771. The fourth-order valence-electron chi connectivity index (χ4n) is 1.48. The Kier molecular flexibility index (Phi) is 5.61. The van der Waals surface area contributed by atoms with E-state index in [1.54, 1.807) is 18.2 Å². The lowest BCUT2D eigenvalue weighted by atomic mass is 10.2. The van der Waals surface area contributed by atoms with Gasteiger partial charge in [0.05, 0.1) is 8.95 Å². The van der Waals surface area contributed by atoms with Crippen molar-refractivity contribution in [1.29, 1.82) is 0 Å². The van der Waals surface area contributed by atoms with E-state index in [2.05, 4.69) is 47.8 Å². The summed E-state index contributed by atoms with van der Waals surface area (Å²) in [6, 6.07) is 9.21. The van der Waals surface area contributed by atoms with Crippen LogP contribution in [0.5, 0.6) is 5.75 Å². The molecule has 2 aromatic rings. The van der Waals surface area contributed by atoms with Crippen molar-refractivity contribution in [2.75, 3.05) is 0 Å². The van der Waals surface area contributed by atoms with Gasteiger partial charge in [0.1, 0.15) is 12.4 Å². The smallest absolute Gasteiger partial charge is 0.148 e. The van der Waals surface area contributed by atoms with Gasteiger partial charge in [0.25, 0.3) is 0 Å². The Bertz CT molecular complexity index is 574. The van der Waals surface area contributed by atoms with Gasteiger partial charge in [-0.15, -0.1) is 0 Å². The predicted octanol–water partition coefficient (Wildman–Crippen LogP) is 6.86. The molecular weight excluding hydrogens is 483 g/mol. The van der Waals surface area contributed by atoms with E-state index in [9.17, 15) is 0 Å². The normalized spacial score (nSPS) is 10.6. The molecule has 0 bridgehead atoms. The van der Waals surface area contributed by atoms with Crippen molar-refractivity contribution in [1.82, 2.24) is 0 Å². The van der Waals surface area contributed by atoms with Gasteiger partial charge in [-0.05, 0) is 56.1 Å². The number of hydrogen-bond acceptors (Lipinski definition) is 1. The molecule has 0 spiro atoms. The largest absolute Gasteiger partial charge is 0.486 e. The molecule has 0 heterocycles. The zero-order valence-electron chi connectivity index (χ0n) is 9.39. The van der Waals surface area contributed by atoms with E-state index in [0.717, 1.165) is 19.0 Å². The molecule has 0 saturated carbocycles. The van der Waals surface area contributed by atoms with Crippen LogP contribution in [0.2, 0.25) is 10.0 Å². The lowest BCUT2D eigenvalue weighted by Crippen LogP contribution is -1.98. The fourth-order valence-corrected chi connectivity index (χ4v) is 4.48. The summed E-state index contributed by atoms with van der Waals surface area (Å²) in [7, 11) is 0. The van der Waals surface area contributed by atoms with E-state index >= 15 is 0 Å². The van der Waals surface area contributed by atoms with E-state index in [1.807, 2.05) is 12.1 Å². The van der Waals surface area contributed by atoms with Crippen molar-refractivity contribution >= 4 is 71.0 Å². The van der Waals surface area contributed by atoms with Crippen LogP contribution in [0.15, 0.2) is 43.7 Å². The molecular formula is C13H7Br3Cl2O. The van der Waals surface area contributed by atoms with Gasteiger partial charge in [0.2, 0.25) is 0 Å². The minimum atomic E-state index is 0.303. The Labute approximate surface area is 146 Å². The lowest BCUT2D eigenvalue weighted by Gasteiger charge is -2.12. The topological polar surface area (TPSA) is 9.23 Å². The maximum Gasteiger partial charge on any atom is 0.148 e. The maximum atomic E-state index is 6.11. The van der Waals surface area contributed by atoms with Crippen LogP contribution in [-0.2, 0) is 6.61 Å². The molecule has 0 aliphatic heterocycles. The van der Waals surface area contributed by atoms with Crippen molar-refractivity contribution in [2.24, 2.45) is 0 Å². The first-order chi connectivity index (χ1) is 8.99. The number of benzene rings is 2. The molecule has 0 N–H and O–H groups in total. The molecule has 0 aliphatic rings. The summed E-state index contributed by atoms with van der Waals surface area (Å²) in [4.78, 5) is 0. The van der Waals surface area contributed by atoms with Crippen molar-refractivity contribution in [2.45, 2.75) is 6.61 Å². The minimum absolute atomic E-state index is 0.303. The van der Waals surface area contributed by atoms with Crippen molar-refractivity contribution in [3.8, 4) is 5.75 Å². The quantitative estimate of drug-likeness (QED) is 0.458. The average molecular weight is 490 g/mol. The average Bonchev–Trinajstić information content (AvgIpc) is 2.31. The summed E-state index contributed by atoms with van der Waals surface area (Å²) < 4.78 is 8.43. The van der Waals surface area contributed by atoms with E-state index in [-0.39, 0.29) is 0 Å². The molecule has 0 aromatic heterocycles. The Hall–Kier alpha value is 0.260. The molecule has 6 heteroatoms. The van der Waals surface area contributed by atoms with Gasteiger partial charge in [0.15, 0.2) is 0 Å². The molecule has 0 amide bonds. The van der Waals surface area contributed by atoms with Crippen LogP contribution in [0, 0.1) is 0 Å². The minimum Gasteiger partial charge on any atom is -0.486 e. The lowest BCUT2D eigenvalue weighted by molar-refractivity contribution is 0.302. The number of halogens is 5. The standard InChI is InChI=1S/C13H7Br3Cl2O/c14-7-4-9(15)13(10(16)5-7)19-6-8-11(17)2-1-3-12(8)18/h1-5H,6H2. The summed E-state index contributed by atoms with van der Waals surface area (Å²) in [5, 5.41) is 1.19. The molecule has 2 aromatic carbocycles. The maximum absolute atomic E-state index is 6.11. The highest BCUT2D eigenvalue weighted by molar-refractivity contribution is 9.11. The molecule has 0 radical (unpaired) electrons. The third kappa shape index (κ3) is 3.88. The summed E-state index contributed by atoms with van der Waals surface area (Å²) in [6.45, 7) is 0.303. The zero-order valence-corrected chi connectivity index (χ0v) is 15.7. The molecule has 0 atom stereocenters. The van der Waals surface area contributed by atoms with Crippen molar-refractivity contribution in [3.05, 3.63) is 59.4 Å². The second-order valence-corrected chi connectivity index (χ2v) is 7.13. The molecule has 0 aliphatic carbocycles. The molecule has 0 saturated heterocycles. The highest BCUT2D eigenvalue weighted by Crippen LogP contribution is 2.37. The van der Waals surface area contributed by atoms with E-state index in [4.69, 9.17) is 27.9 Å². The van der Waals surface area contributed by atoms with Crippen LogP contribution in [0.4, 0.5) is 0 Å². The monoisotopic (exact) mass is 486 g/mol. The van der Waals surface area contributed by atoms with Gasteiger partial charge < -0.3 is 4.74 Å². The Morgan fingerprint density at radius 3 is 2.00 bits per heavy atom. The molecule has 1 nitrogen and oxygen atoms in total. The van der Waals surface area contributed by atoms with Gasteiger partial charge in [-0.25, -0.2) is 0 Å². The van der Waals surface area contributed by atoms with Gasteiger partial charge in [-0.2, -0.15) is 0 Å². The van der Waals surface area contributed by atoms with Crippen LogP contribution >= 0.6 is 71.0 Å². The Morgan fingerprint density at radius 2 is 1.47 bits per heavy atom. The first-order valence-corrected chi connectivity index (χ1v) is 8.32. The van der Waals surface area contributed by atoms with Crippen LogP contribution in [0.25, 0.3) is 0 Å². The van der Waals surface area contributed by atoms with Gasteiger partial charge in [0, 0.05) is 20.1 Å². The molecule has 19 heavy (non-hydrogen) atoms. The summed E-state index contributed by atoms with van der Waals surface area (Å²) >= 11 is 22.5. The molecule has 2 rings (SSSR count). The Balaban J connectivity index is 2.24. The summed E-state index contributed by atoms with van der Waals surface area (Å²) in [5.74, 6) is 0.708. The van der Waals surface area contributed by atoms with Crippen molar-refractivity contribution < 1.29 is 4.74 Å². The van der Waals surface area contributed by atoms with Crippen LogP contribution in [0.1, 0.15) is 5.56 Å². The van der Waals surface area contributed by atoms with Gasteiger partial charge in [-0.1, -0.05) is 45.2 Å². The summed E-state index contributed by atoms with van der Waals surface area (Å²) in [6.07, 6.45) is 0. The SMILES string of the molecule is Clc1cccc(Cl)c1COc1c(Br)cc(Br)cc1Br. The Morgan fingerprint density at radius 1 is 0.947 bits per heavy atom. The fraction of sp³-hybridized carbons (Fsp3) is 0.0769. The third-order valence-electron chi connectivity index (χ3n) is 2.39. The highest BCUT2D eigenvalue weighted by Gasteiger charge is 2.11. The van der Waals surface area contributed by atoms with Gasteiger partial charge in [-0.3, -0.25) is 0 Å². The van der Waals surface area contributed by atoms with Crippen LogP contribution in [0.3, 0.4) is 0 Å². The second-order valence-electron chi connectivity index (χ2n) is 3.69. The third-order valence-corrected chi connectivity index (χ3v) is 4.73. The molecule has 100 valence electrons. The predicted molar refractivity (Wildman–Crippen MR) is 90.3 cm³/mol.